The summed E-state index contributed by atoms with van der Waals surface area (Å²) in [5.74, 6) is 1.07. The van der Waals surface area contributed by atoms with E-state index in [9.17, 15) is 40.9 Å². The smallest absolute Gasteiger partial charge is 0.136 e. The second-order valence-electron chi connectivity index (χ2n) is 8.68. The lowest BCUT2D eigenvalue weighted by molar-refractivity contribution is -0.205. The standard InChI is InChI=1S/C24H30O11S2/c25-9-15-17(27)19(29)21(31)23(34-15)36-13-5-1-11(2-6-13)33-12-3-7-14(8-4-12)37-24-22(32)20(30)18(28)16(10-26)35-24/h1-8,15-32H,9-10H2/t15-,16-,17-,18-,19+,20+,21-,22-,23+,24+/m1/s1. The van der Waals surface area contributed by atoms with Crippen molar-refractivity contribution < 1.29 is 55.1 Å². The first-order valence-electron chi connectivity index (χ1n) is 11.5. The fourth-order valence-corrected chi connectivity index (χ4v) is 6.03. The normalized spacial score (nSPS) is 36.3. The van der Waals surface area contributed by atoms with Crippen LogP contribution in [-0.2, 0) is 9.47 Å². The summed E-state index contributed by atoms with van der Waals surface area (Å²) < 4.78 is 16.9. The number of ether oxygens (including phenoxy) is 3. The van der Waals surface area contributed by atoms with Gasteiger partial charge in [-0.2, -0.15) is 0 Å². The molecule has 2 saturated heterocycles. The Balaban J connectivity index is 1.33. The molecule has 10 atom stereocenters. The van der Waals surface area contributed by atoms with Gasteiger partial charge in [0.2, 0.25) is 0 Å². The number of hydrogen-bond acceptors (Lipinski definition) is 13. The van der Waals surface area contributed by atoms with Crippen molar-refractivity contribution in [2.75, 3.05) is 13.2 Å². The number of aliphatic hydroxyl groups is 8. The second-order valence-corrected chi connectivity index (χ2v) is 11.0. The molecule has 2 fully saturated rings. The lowest BCUT2D eigenvalue weighted by Gasteiger charge is -2.39. The molecule has 2 aliphatic rings. The van der Waals surface area contributed by atoms with E-state index in [0.717, 1.165) is 23.5 Å². The molecule has 2 aliphatic heterocycles. The summed E-state index contributed by atoms with van der Waals surface area (Å²) in [6.45, 7) is -0.983. The van der Waals surface area contributed by atoms with E-state index in [4.69, 9.17) is 14.2 Å². The number of rotatable bonds is 8. The first-order chi connectivity index (χ1) is 17.7. The van der Waals surface area contributed by atoms with Gasteiger partial charge in [0.25, 0.3) is 0 Å². The van der Waals surface area contributed by atoms with Crippen LogP contribution < -0.4 is 4.74 Å². The molecule has 0 saturated carbocycles. The van der Waals surface area contributed by atoms with Gasteiger partial charge < -0.3 is 55.1 Å². The van der Waals surface area contributed by atoms with Crippen molar-refractivity contribution in [3.8, 4) is 11.5 Å². The van der Waals surface area contributed by atoms with Gasteiger partial charge in [-0.3, -0.25) is 0 Å². The minimum atomic E-state index is -1.44. The molecule has 13 heteroatoms. The van der Waals surface area contributed by atoms with Crippen LogP contribution in [0.3, 0.4) is 0 Å². The average molecular weight is 559 g/mol. The van der Waals surface area contributed by atoms with Crippen LogP contribution in [0.4, 0.5) is 0 Å². The van der Waals surface area contributed by atoms with Crippen LogP contribution in [0, 0.1) is 0 Å². The van der Waals surface area contributed by atoms with E-state index in [1.165, 1.54) is 0 Å². The lowest BCUT2D eigenvalue weighted by Crippen LogP contribution is -2.57. The molecule has 0 unspecified atom stereocenters. The minimum Gasteiger partial charge on any atom is -0.457 e. The van der Waals surface area contributed by atoms with E-state index in [2.05, 4.69) is 0 Å². The lowest BCUT2D eigenvalue weighted by atomic mass is 10.0. The van der Waals surface area contributed by atoms with E-state index in [1.807, 2.05) is 0 Å². The van der Waals surface area contributed by atoms with Gasteiger partial charge in [0.15, 0.2) is 0 Å². The first-order valence-corrected chi connectivity index (χ1v) is 13.3. The number of hydrogen-bond donors (Lipinski definition) is 8. The number of aliphatic hydroxyl groups excluding tert-OH is 8. The van der Waals surface area contributed by atoms with E-state index in [0.29, 0.717) is 21.3 Å². The van der Waals surface area contributed by atoms with E-state index < -0.39 is 72.9 Å². The van der Waals surface area contributed by atoms with Crippen molar-refractivity contribution in [1.82, 2.24) is 0 Å². The van der Waals surface area contributed by atoms with Crippen LogP contribution in [0.5, 0.6) is 11.5 Å². The Morgan fingerprint density at radius 2 is 0.892 bits per heavy atom. The molecule has 0 spiro atoms. The molecule has 4 rings (SSSR count). The molecule has 37 heavy (non-hydrogen) atoms. The third-order valence-electron chi connectivity index (χ3n) is 6.08. The topological polar surface area (TPSA) is 190 Å². The Morgan fingerprint density at radius 1 is 0.541 bits per heavy atom. The monoisotopic (exact) mass is 558 g/mol. The Bertz CT molecular complexity index is 912. The minimum absolute atomic E-state index is 0.491. The summed E-state index contributed by atoms with van der Waals surface area (Å²) in [7, 11) is 0. The number of thioether (sulfide) groups is 2. The summed E-state index contributed by atoms with van der Waals surface area (Å²) in [6, 6.07) is 13.8. The van der Waals surface area contributed by atoms with Crippen LogP contribution in [0.15, 0.2) is 58.3 Å². The maximum Gasteiger partial charge on any atom is 0.136 e. The van der Waals surface area contributed by atoms with Crippen molar-refractivity contribution in [1.29, 1.82) is 0 Å². The molecule has 2 aromatic carbocycles. The summed E-state index contributed by atoms with van der Waals surface area (Å²) in [6.07, 6.45) is -10.3. The van der Waals surface area contributed by atoms with Gasteiger partial charge in [0.05, 0.1) is 13.2 Å². The molecule has 0 aliphatic carbocycles. The molecule has 0 radical (unpaired) electrons. The maximum absolute atomic E-state index is 10.2. The van der Waals surface area contributed by atoms with Gasteiger partial charge in [0, 0.05) is 9.79 Å². The fourth-order valence-electron chi connectivity index (χ4n) is 3.91. The van der Waals surface area contributed by atoms with Crippen LogP contribution in [0.2, 0.25) is 0 Å². The molecule has 0 aromatic heterocycles. The van der Waals surface area contributed by atoms with Crippen molar-refractivity contribution in [3.63, 3.8) is 0 Å². The van der Waals surface area contributed by atoms with Gasteiger partial charge in [0.1, 0.15) is 71.2 Å². The average Bonchev–Trinajstić information content (AvgIpc) is 2.91. The van der Waals surface area contributed by atoms with Crippen LogP contribution in [0.1, 0.15) is 0 Å². The zero-order valence-electron chi connectivity index (χ0n) is 19.4. The SMILES string of the molecule is OC[C@H]1O[C@@H](Sc2ccc(Oc3ccc(S[C@@H]4O[C@H](CO)[C@@H](O)[C@H](O)[C@H]4O)cc3)cc2)[C@H](O)[C@@H](O)[C@@H]1O. The van der Waals surface area contributed by atoms with Crippen molar-refractivity contribution >= 4 is 23.5 Å². The van der Waals surface area contributed by atoms with Crippen LogP contribution >= 0.6 is 23.5 Å². The molecule has 204 valence electrons. The van der Waals surface area contributed by atoms with Crippen LogP contribution in [-0.4, -0.2) is 114 Å². The molecule has 2 aromatic rings. The highest BCUT2D eigenvalue weighted by Gasteiger charge is 2.44. The summed E-state index contributed by atoms with van der Waals surface area (Å²) in [5, 5.41) is 78.8. The molecule has 0 amide bonds. The number of benzene rings is 2. The predicted octanol–water partition coefficient (Wildman–Crippen LogP) is -0.737. The van der Waals surface area contributed by atoms with Gasteiger partial charge in [-0.05, 0) is 48.5 Å². The van der Waals surface area contributed by atoms with E-state index in [-0.39, 0.29) is 0 Å². The highest BCUT2D eigenvalue weighted by atomic mass is 32.2. The van der Waals surface area contributed by atoms with Gasteiger partial charge in [-0.25, -0.2) is 0 Å². The quantitative estimate of drug-likeness (QED) is 0.202. The zero-order valence-corrected chi connectivity index (χ0v) is 21.1. The van der Waals surface area contributed by atoms with E-state index >= 15 is 0 Å². The molecular weight excluding hydrogens is 528 g/mol. The molecular formula is C24H30O11S2. The van der Waals surface area contributed by atoms with Gasteiger partial charge >= 0.3 is 0 Å². The Morgan fingerprint density at radius 3 is 1.22 bits per heavy atom. The first kappa shape index (κ1) is 28.5. The predicted molar refractivity (Wildman–Crippen MR) is 132 cm³/mol. The van der Waals surface area contributed by atoms with Crippen LogP contribution in [0.25, 0.3) is 0 Å². The van der Waals surface area contributed by atoms with Gasteiger partial charge in [-0.15, -0.1) is 0 Å². The fraction of sp³-hybridized carbons (Fsp3) is 0.500. The maximum atomic E-state index is 10.2. The van der Waals surface area contributed by atoms with Crippen molar-refractivity contribution in [2.24, 2.45) is 0 Å². The van der Waals surface area contributed by atoms with Crippen molar-refractivity contribution in [3.05, 3.63) is 48.5 Å². The Labute approximate surface area is 221 Å². The highest BCUT2D eigenvalue weighted by Crippen LogP contribution is 2.36. The third kappa shape index (κ3) is 6.58. The largest absolute Gasteiger partial charge is 0.457 e. The Kier molecular flexibility index (Phi) is 9.72. The Hall–Kier alpha value is -1.46. The summed E-state index contributed by atoms with van der Waals surface area (Å²) in [5.41, 5.74) is -1.76. The summed E-state index contributed by atoms with van der Waals surface area (Å²) >= 11 is 2.28. The second kappa shape index (κ2) is 12.6. The van der Waals surface area contributed by atoms with Crippen molar-refractivity contribution in [2.45, 2.75) is 69.5 Å². The summed E-state index contributed by atoms with van der Waals surface area (Å²) in [4.78, 5) is 1.42. The molecule has 8 N–H and O–H groups in total. The molecule has 0 bridgehead atoms. The highest BCUT2D eigenvalue weighted by molar-refractivity contribution is 8.00. The molecule has 2 heterocycles. The third-order valence-corrected chi connectivity index (χ3v) is 8.42. The zero-order chi connectivity index (χ0) is 26.7. The van der Waals surface area contributed by atoms with E-state index in [1.54, 1.807) is 48.5 Å². The van der Waals surface area contributed by atoms with Gasteiger partial charge in [-0.1, -0.05) is 23.5 Å². The molecule has 11 nitrogen and oxygen atoms in total.